The van der Waals surface area contributed by atoms with Gasteiger partial charge in [0.25, 0.3) is 11.6 Å². The maximum Gasteiger partial charge on any atom is 0.355 e. The summed E-state index contributed by atoms with van der Waals surface area (Å²) < 4.78 is 18.6. The number of methoxy groups -OCH3 is 1. The molecule has 1 aromatic heterocycles. The smallest absolute Gasteiger partial charge is 0.355 e. The SMILES string of the molecule is CO[C@@]1(NC(=O)Cc2ccc(O)cc2)C(=O)N2C(C(=O)OCc3cccc(C)c3)=C(CSc3nnnn3C)CO[C@@H]21. The lowest BCUT2D eigenvalue weighted by atomic mass is 9.94. The Bertz CT molecular complexity index is 1510. The van der Waals surface area contributed by atoms with Gasteiger partial charge in [0, 0.05) is 19.9 Å². The van der Waals surface area contributed by atoms with Gasteiger partial charge in [-0.15, -0.1) is 5.10 Å². The summed E-state index contributed by atoms with van der Waals surface area (Å²) in [4.78, 5) is 41.2. The molecule has 2 amide bonds. The van der Waals surface area contributed by atoms with Crippen LogP contribution in [0.25, 0.3) is 0 Å². The van der Waals surface area contributed by atoms with Crippen molar-refractivity contribution in [1.29, 1.82) is 0 Å². The highest BCUT2D eigenvalue weighted by Crippen LogP contribution is 2.41. The van der Waals surface area contributed by atoms with Gasteiger partial charge in [-0.3, -0.25) is 14.5 Å². The number of phenolic OH excluding ortho intramolecular Hbond substituents is 1. The molecule has 2 aliphatic rings. The van der Waals surface area contributed by atoms with Gasteiger partial charge in [0.15, 0.2) is 6.23 Å². The highest BCUT2D eigenvalue weighted by atomic mass is 32.2. The van der Waals surface area contributed by atoms with Crippen molar-refractivity contribution in [2.75, 3.05) is 19.5 Å². The van der Waals surface area contributed by atoms with Crippen LogP contribution in [0.4, 0.5) is 0 Å². The van der Waals surface area contributed by atoms with Crippen molar-refractivity contribution < 1.29 is 33.7 Å². The molecule has 13 nitrogen and oxygen atoms in total. The van der Waals surface area contributed by atoms with Crippen LogP contribution in [0.1, 0.15) is 16.7 Å². The lowest BCUT2D eigenvalue weighted by molar-refractivity contribution is -0.258. The summed E-state index contributed by atoms with van der Waals surface area (Å²) in [6.45, 7) is 1.91. The summed E-state index contributed by atoms with van der Waals surface area (Å²) in [6.07, 6.45) is -1.17. The number of aromatic nitrogens is 4. The third-order valence-electron chi connectivity index (χ3n) is 6.66. The number of hydrogen-bond acceptors (Lipinski definition) is 11. The number of nitrogens with one attached hydrogen (secondary N) is 1. The predicted molar refractivity (Wildman–Crippen MR) is 144 cm³/mol. The summed E-state index contributed by atoms with van der Waals surface area (Å²) >= 11 is 1.27. The highest BCUT2D eigenvalue weighted by Gasteiger charge is 2.67. The number of nitrogens with zero attached hydrogens (tertiary/aromatic N) is 5. The van der Waals surface area contributed by atoms with Crippen molar-refractivity contribution >= 4 is 29.5 Å². The number of hydrogen-bond donors (Lipinski definition) is 2. The molecular formula is C27H28N6O7S. The molecule has 0 aliphatic carbocycles. The lowest BCUT2D eigenvalue weighted by Crippen LogP contribution is -2.82. The van der Waals surface area contributed by atoms with E-state index in [1.54, 1.807) is 19.2 Å². The van der Waals surface area contributed by atoms with Crippen molar-refractivity contribution in [1.82, 2.24) is 30.4 Å². The normalized spacial score (nSPS) is 19.9. The number of rotatable bonds is 10. The zero-order chi connectivity index (χ0) is 29.1. The van der Waals surface area contributed by atoms with E-state index in [-0.39, 0.29) is 36.8 Å². The minimum atomic E-state index is -1.83. The largest absolute Gasteiger partial charge is 0.508 e. The van der Waals surface area contributed by atoms with Gasteiger partial charge >= 0.3 is 5.97 Å². The molecule has 14 heteroatoms. The van der Waals surface area contributed by atoms with Crippen LogP contribution in [0.15, 0.2) is 65.0 Å². The molecule has 0 radical (unpaired) electrons. The molecule has 2 aliphatic heterocycles. The third kappa shape index (κ3) is 5.66. The maximum atomic E-state index is 13.6. The maximum absolute atomic E-state index is 13.6. The molecule has 41 heavy (non-hydrogen) atoms. The van der Waals surface area contributed by atoms with Crippen LogP contribution in [-0.2, 0) is 48.7 Å². The standard InChI is InChI=1S/C27H28N6O7S/c1-16-5-4-6-18(11-16)13-39-23(36)22-19(15-41-26-29-30-31-32(26)2)14-40-25-27(38-3,24(37)33(22)25)28-21(35)12-17-7-9-20(34)10-8-17/h4-11,25,34H,12-15H2,1-3H3,(H,28,35)/t25-,27+/m1/s1. The van der Waals surface area contributed by atoms with Crippen LogP contribution >= 0.6 is 11.8 Å². The zero-order valence-corrected chi connectivity index (χ0v) is 23.4. The number of amides is 2. The Hall–Kier alpha value is -4.27. The third-order valence-corrected chi connectivity index (χ3v) is 7.76. The summed E-state index contributed by atoms with van der Waals surface area (Å²) in [5.74, 6) is -1.57. The summed E-state index contributed by atoms with van der Waals surface area (Å²) in [7, 11) is 2.97. The first-order chi connectivity index (χ1) is 19.7. The van der Waals surface area contributed by atoms with Crippen molar-refractivity contribution in [3.8, 4) is 5.75 Å². The van der Waals surface area contributed by atoms with E-state index in [2.05, 4.69) is 20.8 Å². The molecular weight excluding hydrogens is 552 g/mol. The second-order valence-electron chi connectivity index (χ2n) is 9.56. The van der Waals surface area contributed by atoms with Crippen LogP contribution in [0.3, 0.4) is 0 Å². The quantitative estimate of drug-likeness (QED) is 0.154. The molecule has 5 rings (SSSR count). The number of carbonyl (C=O) groups is 3. The van der Waals surface area contributed by atoms with Crippen molar-refractivity contribution in [2.24, 2.45) is 7.05 Å². The second-order valence-corrected chi connectivity index (χ2v) is 10.5. The number of thioether (sulfide) groups is 1. The Labute approximate surface area is 239 Å². The number of β-lactam (4-membered cyclic amide) rings is 1. The Morgan fingerprint density at radius 1 is 1.22 bits per heavy atom. The monoisotopic (exact) mass is 580 g/mol. The van der Waals surface area contributed by atoms with Crippen LogP contribution < -0.4 is 5.32 Å². The molecule has 0 saturated carbocycles. The molecule has 2 N–H and O–H groups in total. The first-order valence-corrected chi connectivity index (χ1v) is 13.6. The topological polar surface area (TPSA) is 158 Å². The number of aryl methyl sites for hydroxylation is 2. The summed E-state index contributed by atoms with van der Waals surface area (Å²) in [5.41, 5.74) is 1.13. The Balaban J connectivity index is 1.37. The van der Waals surface area contributed by atoms with Gasteiger partial charge in [0.1, 0.15) is 18.1 Å². The number of phenols is 1. The first-order valence-electron chi connectivity index (χ1n) is 12.6. The summed E-state index contributed by atoms with van der Waals surface area (Å²) in [6, 6.07) is 13.7. The average Bonchev–Trinajstić information content (AvgIpc) is 3.38. The minimum absolute atomic E-state index is 0.00395. The number of ether oxygens (including phenoxy) is 3. The van der Waals surface area contributed by atoms with Gasteiger partial charge in [0.2, 0.25) is 11.1 Å². The van der Waals surface area contributed by atoms with E-state index in [0.29, 0.717) is 16.3 Å². The molecule has 1 fully saturated rings. The fraction of sp³-hybridized carbons (Fsp3) is 0.333. The van der Waals surface area contributed by atoms with Crippen molar-refractivity contribution in [3.63, 3.8) is 0 Å². The Morgan fingerprint density at radius 2 is 2.00 bits per heavy atom. The number of carbonyl (C=O) groups excluding carboxylic acids is 3. The lowest BCUT2D eigenvalue weighted by Gasteiger charge is -2.55. The van der Waals surface area contributed by atoms with E-state index in [4.69, 9.17) is 14.2 Å². The fourth-order valence-electron chi connectivity index (χ4n) is 4.61. The van der Waals surface area contributed by atoms with Crippen molar-refractivity contribution in [3.05, 3.63) is 76.5 Å². The van der Waals surface area contributed by atoms with Gasteiger partial charge in [0.05, 0.1) is 13.0 Å². The highest BCUT2D eigenvalue weighted by molar-refractivity contribution is 7.99. The predicted octanol–water partition coefficient (Wildman–Crippen LogP) is 1.21. The molecule has 3 heterocycles. The first kappa shape index (κ1) is 28.3. The number of fused-ring (bicyclic) bond motifs is 1. The van der Waals surface area contributed by atoms with E-state index in [1.807, 2.05) is 31.2 Å². The van der Waals surface area contributed by atoms with Crippen LogP contribution in [0.2, 0.25) is 0 Å². The van der Waals surface area contributed by atoms with E-state index < -0.39 is 29.7 Å². The second kappa shape index (κ2) is 11.7. The number of benzene rings is 2. The van der Waals surface area contributed by atoms with Crippen molar-refractivity contribution in [2.45, 2.75) is 37.1 Å². The number of tetrazole rings is 1. The van der Waals surface area contributed by atoms with Crippen LogP contribution in [0.5, 0.6) is 5.75 Å². The molecule has 0 unspecified atom stereocenters. The van der Waals surface area contributed by atoms with E-state index in [9.17, 15) is 19.5 Å². The minimum Gasteiger partial charge on any atom is -0.508 e. The van der Waals surface area contributed by atoms with E-state index in [1.165, 1.54) is 35.7 Å². The summed E-state index contributed by atoms with van der Waals surface area (Å²) in [5, 5.41) is 24.0. The zero-order valence-electron chi connectivity index (χ0n) is 22.6. The van der Waals surface area contributed by atoms with Gasteiger partial charge in [-0.05, 0) is 46.2 Å². The molecule has 214 valence electrons. The Morgan fingerprint density at radius 3 is 2.68 bits per heavy atom. The molecule has 2 atom stereocenters. The fourth-order valence-corrected chi connectivity index (χ4v) is 5.45. The van der Waals surface area contributed by atoms with Gasteiger partial charge in [-0.2, -0.15) is 0 Å². The van der Waals surface area contributed by atoms with E-state index in [0.717, 1.165) is 16.0 Å². The van der Waals surface area contributed by atoms with E-state index >= 15 is 0 Å². The van der Waals surface area contributed by atoms with Crippen LogP contribution in [0, 0.1) is 6.92 Å². The average molecular weight is 581 g/mol. The van der Waals surface area contributed by atoms with Crippen LogP contribution in [-0.4, -0.2) is 79.4 Å². The van der Waals surface area contributed by atoms with Gasteiger partial charge < -0.3 is 24.6 Å². The molecule has 0 bridgehead atoms. The molecule has 0 spiro atoms. The number of aromatic hydroxyl groups is 1. The van der Waals surface area contributed by atoms with Gasteiger partial charge in [-0.25, -0.2) is 9.48 Å². The molecule has 2 aromatic carbocycles. The number of esters is 1. The molecule has 1 saturated heterocycles. The van der Waals surface area contributed by atoms with Gasteiger partial charge in [-0.1, -0.05) is 53.7 Å². The Kier molecular flexibility index (Phi) is 8.06. The molecule has 3 aromatic rings.